The third kappa shape index (κ3) is 3.52. The van der Waals surface area contributed by atoms with Gasteiger partial charge < -0.3 is 14.8 Å². The Morgan fingerprint density at radius 2 is 2.14 bits per heavy atom. The lowest BCUT2D eigenvalue weighted by Crippen LogP contribution is -3.11. The van der Waals surface area contributed by atoms with E-state index >= 15 is 0 Å². The van der Waals surface area contributed by atoms with Gasteiger partial charge in [-0.05, 0) is 59.0 Å². The lowest BCUT2D eigenvalue weighted by molar-refractivity contribution is -0.910. The van der Waals surface area contributed by atoms with Crippen LogP contribution in [0.15, 0.2) is 42.6 Å². The monoisotopic (exact) mass is 410 g/mol. The van der Waals surface area contributed by atoms with Crippen molar-refractivity contribution in [1.29, 1.82) is 0 Å². The lowest BCUT2D eigenvalue weighted by atomic mass is 10.1. The highest BCUT2D eigenvalue weighted by atomic mass is 127. The number of amides is 1. The predicted octanol–water partition coefficient (Wildman–Crippen LogP) is 1.99. The SMILES string of the molecule is Cn1cccc1[C@@H]1CCC[NH+]1CC(=O)Nc1ccc(I)cc1. The minimum Gasteiger partial charge on any atom is -0.350 e. The molecule has 0 bridgehead atoms. The van der Waals surface area contributed by atoms with Crippen LogP contribution >= 0.6 is 22.6 Å². The second-order valence-electron chi connectivity index (χ2n) is 5.88. The Morgan fingerprint density at radius 3 is 2.82 bits per heavy atom. The molecule has 1 amide bonds. The fourth-order valence-corrected chi connectivity index (χ4v) is 3.62. The van der Waals surface area contributed by atoms with Crippen LogP contribution < -0.4 is 10.2 Å². The minimum absolute atomic E-state index is 0.0947. The first-order chi connectivity index (χ1) is 10.6. The Morgan fingerprint density at radius 1 is 1.36 bits per heavy atom. The summed E-state index contributed by atoms with van der Waals surface area (Å²) in [5.74, 6) is 0.0947. The number of quaternary nitrogens is 1. The number of halogens is 1. The highest BCUT2D eigenvalue weighted by molar-refractivity contribution is 14.1. The molecule has 1 saturated heterocycles. The molecule has 22 heavy (non-hydrogen) atoms. The molecule has 2 heterocycles. The van der Waals surface area contributed by atoms with Crippen LogP contribution in [0.5, 0.6) is 0 Å². The zero-order valence-electron chi connectivity index (χ0n) is 12.7. The highest BCUT2D eigenvalue weighted by Gasteiger charge is 2.32. The Hall–Kier alpha value is -1.34. The zero-order chi connectivity index (χ0) is 15.5. The van der Waals surface area contributed by atoms with Gasteiger partial charge in [0.15, 0.2) is 6.54 Å². The van der Waals surface area contributed by atoms with E-state index in [2.05, 4.69) is 57.9 Å². The molecule has 5 heteroatoms. The molecule has 3 rings (SSSR count). The number of likely N-dealkylation sites (tertiary alicyclic amines) is 1. The van der Waals surface area contributed by atoms with Gasteiger partial charge in [0, 0.05) is 35.3 Å². The number of benzene rings is 1. The number of rotatable bonds is 4. The molecule has 1 aromatic heterocycles. The maximum atomic E-state index is 12.3. The molecule has 2 N–H and O–H groups in total. The maximum Gasteiger partial charge on any atom is 0.279 e. The molecule has 4 nitrogen and oxygen atoms in total. The van der Waals surface area contributed by atoms with E-state index in [0.717, 1.165) is 18.7 Å². The number of aryl methyl sites for hydroxylation is 1. The molecule has 1 aliphatic rings. The first kappa shape index (κ1) is 15.6. The summed E-state index contributed by atoms with van der Waals surface area (Å²) in [6.45, 7) is 1.60. The maximum absolute atomic E-state index is 12.3. The molecule has 0 aliphatic carbocycles. The smallest absolute Gasteiger partial charge is 0.279 e. The van der Waals surface area contributed by atoms with E-state index in [9.17, 15) is 4.79 Å². The second kappa shape index (κ2) is 6.83. The van der Waals surface area contributed by atoms with E-state index in [0.29, 0.717) is 12.6 Å². The third-order valence-corrected chi connectivity index (χ3v) is 5.06. The van der Waals surface area contributed by atoms with Crippen LogP contribution in [0.3, 0.4) is 0 Å². The molecular formula is C17H21IN3O+. The van der Waals surface area contributed by atoms with Gasteiger partial charge in [-0.25, -0.2) is 0 Å². The fraction of sp³-hybridized carbons (Fsp3) is 0.353. The Balaban J connectivity index is 1.63. The molecule has 0 radical (unpaired) electrons. The van der Waals surface area contributed by atoms with E-state index in [1.807, 2.05) is 24.3 Å². The molecular weight excluding hydrogens is 389 g/mol. The number of nitrogens with zero attached hydrogens (tertiary/aromatic N) is 1. The topological polar surface area (TPSA) is 38.5 Å². The summed E-state index contributed by atoms with van der Waals surface area (Å²) in [6.07, 6.45) is 4.42. The number of aromatic nitrogens is 1. The summed E-state index contributed by atoms with van der Waals surface area (Å²) >= 11 is 2.26. The van der Waals surface area contributed by atoms with Crippen LogP contribution in [-0.4, -0.2) is 23.6 Å². The lowest BCUT2D eigenvalue weighted by Gasteiger charge is -2.21. The van der Waals surface area contributed by atoms with Gasteiger partial charge in [-0.2, -0.15) is 0 Å². The van der Waals surface area contributed by atoms with Gasteiger partial charge in [0.1, 0.15) is 6.04 Å². The van der Waals surface area contributed by atoms with Crippen LogP contribution in [0.1, 0.15) is 24.6 Å². The number of anilines is 1. The number of carbonyl (C=O) groups excluding carboxylic acids is 1. The van der Waals surface area contributed by atoms with E-state index in [-0.39, 0.29) is 5.91 Å². The Bertz CT molecular complexity index is 650. The molecule has 2 aromatic rings. The van der Waals surface area contributed by atoms with Gasteiger partial charge in [0.2, 0.25) is 0 Å². The summed E-state index contributed by atoms with van der Waals surface area (Å²) in [5, 5.41) is 3.01. The first-order valence-electron chi connectivity index (χ1n) is 7.65. The van der Waals surface area contributed by atoms with Crippen molar-refractivity contribution < 1.29 is 9.69 Å². The second-order valence-corrected chi connectivity index (χ2v) is 7.12. The fourth-order valence-electron chi connectivity index (χ4n) is 3.26. The zero-order valence-corrected chi connectivity index (χ0v) is 14.8. The van der Waals surface area contributed by atoms with E-state index < -0.39 is 0 Å². The van der Waals surface area contributed by atoms with Crippen molar-refractivity contribution in [3.8, 4) is 0 Å². The van der Waals surface area contributed by atoms with Crippen molar-refractivity contribution >= 4 is 34.2 Å². The van der Waals surface area contributed by atoms with Gasteiger partial charge in [0.25, 0.3) is 5.91 Å². The highest BCUT2D eigenvalue weighted by Crippen LogP contribution is 2.19. The summed E-state index contributed by atoms with van der Waals surface area (Å²) in [5.41, 5.74) is 2.20. The third-order valence-electron chi connectivity index (χ3n) is 4.34. The molecule has 1 fully saturated rings. The molecule has 1 aromatic carbocycles. The summed E-state index contributed by atoms with van der Waals surface area (Å²) in [6, 6.07) is 12.6. The van der Waals surface area contributed by atoms with Crippen LogP contribution in [0.4, 0.5) is 5.69 Å². The molecule has 2 atom stereocenters. The van der Waals surface area contributed by atoms with Crippen molar-refractivity contribution in [2.45, 2.75) is 18.9 Å². The summed E-state index contributed by atoms with van der Waals surface area (Å²) < 4.78 is 3.34. The van der Waals surface area contributed by atoms with Crippen LogP contribution in [0.25, 0.3) is 0 Å². The molecule has 0 saturated carbocycles. The van der Waals surface area contributed by atoms with Crippen molar-refractivity contribution in [1.82, 2.24) is 4.57 Å². The van der Waals surface area contributed by atoms with E-state index in [4.69, 9.17) is 0 Å². The summed E-state index contributed by atoms with van der Waals surface area (Å²) in [4.78, 5) is 13.7. The van der Waals surface area contributed by atoms with Gasteiger partial charge in [-0.1, -0.05) is 0 Å². The van der Waals surface area contributed by atoms with Gasteiger partial charge in [-0.3, -0.25) is 4.79 Å². The quantitative estimate of drug-likeness (QED) is 0.744. The first-order valence-corrected chi connectivity index (χ1v) is 8.72. The van der Waals surface area contributed by atoms with Gasteiger partial charge >= 0.3 is 0 Å². The largest absolute Gasteiger partial charge is 0.350 e. The normalized spacial score (nSPS) is 21.0. The van der Waals surface area contributed by atoms with Crippen LogP contribution in [0, 0.1) is 3.57 Å². The number of nitrogens with one attached hydrogen (secondary N) is 2. The van der Waals surface area contributed by atoms with E-state index in [1.54, 1.807) is 0 Å². The number of carbonyl (C=O) groups is 1. The number of hydrogen-bond donors (Lipinski definition) is 2. The average molecular weight is 410 g/mol. The Kier molecular flexibility index (Phi) is 4.83. The van der Waals surface area contributed by atoms with Crippen molar-refractivity contribution in [2.75, 3.05) is 18.4 Å². The van der Waals surface area contributed by atoms with E-state index in [1.165, 1.54) is 20.6 Å². The molecule has 116 valence electrons. The van der Waals surface area contributed by atoms with Crippen molar-refractivity contribution in [3.63, 3.8) is 0 Å². The standard InChI is InChI=1S/C17H20IN3O/c1-20-10-2-4-15(20)16-5-3-11-21(16)12-17(22)19-14-8-6-13(18)7-9-14/h2,4,6-10,16H,3,5,11-12H2,1H3,(H,19,22)/p+1/t16-/m0/s1. The predicted molar refractivity (Wildman–Crippen MR) is 95.9 cm³/mol. The molecule has 1 aliphatic heterocycles. The van der Waals surface area contributed by atoms with Crippen molar-refractivity contribution in [2.24, 2.45) is 7.05 Å². The number of hydrogen-bond acceptors (Lipinski definition) is 1. The average Bonchev–Trinajstić information content (AvgIpc) is 3.10. The van der Waals surface area contributed by atoms with Crippen molar-refractivity contribution in [3.05, 3.63) is 51.9 Å². The van der Waals surface area contributed by atoms with Crippen LogP contribution in [-0.2, 0) is 11.8 Å². The van der Waals surface area contributed by atoms with Gasteiger partial charge in [0.05, 0.1) is 12.2 Å². The molecule has 1 unspecified atom stereocenters. The van der Waals surface area contributed by atoms with Gasteiger partial charge in [-0.15, -0.1) is 0 Å². The molecule has 0 spiro atoms. The minimum atomic E-state index is 0.0947. The Labute approximate surface area is 144 Å². The summed E-state index contributed by atoms with van der Waals surface area (Å²) in [7, 11) is 2.08. The van der Waals surface area contributed by atoms with Crippen LogP contribution in [0.2, 0.25) is 0 Å².